The molecule has 0 aromatic rings. The zero-order valence-corrected chi connectivity index (χ0v) is 14.5. The fourth-order valence-electron chi connectivity index (χ4n) is 2.66. The topological polar surface area (TPSA) is 80.4 Å². The summed E-state index contributed by atoms with van der Waals surface area (Å²) in [4.78, 5) is 0. The maximum Gasteiger partial charge on any atom is 0.267 e. The van der Waals surface area contributed by atoms with Crippen LogP contribution in [0.1, 0.15) is 90.4 Å². The van der Waals surface area contributed by atoms with Crippen LogP contribution in [0.5, 0.6) is 0 Å². The molecule has 0 rings (SSSR count). The lowest BCUT2D eigenvalue weighted by Crippen LogP contribution is -2.23. The summed E-state index contributed by atoms with van der Waals surface area (Å²) in [7, 11) is -3.92. The van der Waals surface area contributed by atoms with E-state index in [1.54, 1.807) is 0 Å². The van der Waals surface area contributed by atoms with Crippen molar-refractivity contribution in [3.63, 3.8) is 0 Å². The molecule has 0 radical (unpaired) electrons. The Morgan fingerprint density at radius 3 is 1.62 bits per heavy atom. The molecule has 0 saturated heterocycles. The molecule has 1 unspecified atom stereocenters. The molecule has 0 bridgehead atoms. The quantitative estimate of drug-likeness (QED) is 0.348. The molecule has 0 aliphatic carbocycles. The first-order valence-electron chi connectivity index (χ1n) is 8.68. The molecule has 0 fully saturated rings. The van der Waals surface area contributed by atoms with Gasteiger partial charge in [0.05, 0.1) is 5.25 Å². The van der Waals surface area contributed by atoms with Crippen LogP contribution < -0.4 is 5.73 Å². The van der Waals surface area contributed by atoms with Gasteiger partial charge in [-0.1, -0.05) is 77.6 Å². The molecule has 5 heteroatoms. The predicted octanol–water partition coefficient (Wildman–Crippen LogP) is 4.29. The third kappa shape index (κ3) is 13.3. The van der Waals surface area contributed by atoms with E-state index in [1.165, 1.54) is 51.4 Å². The lowest BCUT2D eigenvalue weighted by Gasteiger charge is -2.12. The first kappa shape index (κ1) is 20.9. The van der Waals surface area contributed by atoms with Crippen LogP contribution >= 0.6 is 0 Å². The molecule has 0 aromatic heterocycles. The Balaban J connectivity index is 3.42. The molecule has 21 heavy (non-hydrogen) atoms. The van der Waals surface area contributed by atoms with Gasteiger partial charge in [0.1, 0.15) is 0 Å². The molecule has 0 amide bonds. The highest BCUT2D eigenvalue weighted by Crippen LogP contribution is 2.16. The van der Waals surface area contributed by atoms with Gasteiger partial charge in [0.25, 0.3) is 10.1 Å². The lowest BCUT2D eigenvalue weighted by molar-refractivity contribution is 0.450. The molecule has 0 aliphatic rings. The molecule has 4 nitrogen and oxygen atoms in total. The van der Waals surface area contributed by atoms with Crippen LogP contribution in [-0.4, -0.2) is 24.8 Å². The normalized spacial score (nSPS) is 13.5. The second-order valence-electron chi connectivity index (χ2n) is 6.04. The number of nitrogens with two attached hydrogens (primary N) is 1. The minimum absolute atomic E-state index is 0.308. The van der Waals surface area contributed by atoms with Crippen LogP contribution in [0, 0.1) is 0 Å². The molecule has 3 N–H and O–H groups in total. The maximum absolute atomic E-state index is 11.1. The standard InChI is InChI=1S/C16H35NO3S/c1-2-3-4-5-6-7-8-9-10-11-12-13-16(14-15-17)21(18,19)20/h16H,2-15,17H2,1H3,(H,18,19,20). The van der Waals surface area contributed by atoms with Crippen LogP contribution in [0.4, 0.5) is 0 Å². The number of rotatable bonds is 15. The number of hydrogen-bond donors (Lipinski definition) is 2. The highest BCUT2D eigenvalue weighted by Gasteiger charge is 2.21. The largest absolute Gasteiger partial charge is 0.330 e. The Hall–Kier alpha value is -0.130. The first-order valence-corrected chi connectivity index (χ1v) is 10.2. The van der Waals surface area contributed by atoms with Crippen molar-refractivity contribution in [2.75, 3.05) is 6.54 Å². The van der Waals surface area contributed by atoms with Crippen LogP contribution in [0.2, 0.25) is 0 Å². The van der Waals surface area contributed by atoms with Gasteiger partial charge in [0, 0.05) is 0 Å². The average Bonchev–Trinajstić information content (AvgIpc) is 2.42. The third-order valence-electron chi connectivity index (χ3n) is 4.04. The minimum Gasteiger partial charge on any atom is -0.330 e. The summed E-state index contributed by atoms with van der Waals surface area (Å²) in [5.74, 6) is 0. The first-order chi connectivity index (χ1) is 10.0. The fraction of sp³-hybridized carbons (Fsp3) is 1.00. The van der Waals surface area contributed by atoms with Gasteiger partial charge in [0.2, 0.25) is 0 Å². The van der Waals surface area contributed by atoms with Crippen molar-refractivity contribution in [2.45, 2.75) is 95.6 Å². The zero-order valence-electron chi connectivity index (χ0n) is 13.7. The monoisotopic (exact) mass is 321 g/mol. The van der Waals surface area contributed by atoms with Gasteiger partial charge in [-0.15, -0.1) is 0 Å². The lowest BCUT2D eigenvalue weighted by atomic mass is 10.0. The smallest absolute Gasteiger partial charge is 0.267 e. The Labute approximate surface area is 131 Å². The van der Waals surface area contributed by atoms with E-state index in [2.05, 4.69) is 6.92 Å². The Kier molecular flexibility index (Phi) is 13.4. The third-order valence-corrected chi connectivity index (χ3v) is 5.35. The Bertz CT molecular complexity index is 317. The van der Waals surface area contributed by atoms with Crippen molar-refractivity contribution >= 4 is 10.1 Å². The van der Waals surface area contributed by atoms with E-state index in [4.69, 9.17) is 10.3 Å². The van der Waals surface area contributed by atoms with Crippen molar-refractivity contribution in [1.29, 1.82) is 0 Å². The summed E-state index contributed by atoms with van der Waals surface area (Å²) in [6.45, 7) is 2.54. The molecule has 0 spiro atoms. The van der Waals surface area contributed by atoms with Crippen LogP contribution in [-0.2, 0) is 10.1 Å². The van der Waals surface area contributed by atoms with Crippen LogP contribution in [0.3, 0.4) is 0 Å². The summed E-state index contributed by atoms with van der Waals surface area (Å²) in [5, 5.41) is -0.666. The highest BCUT2D eigenvalue weighted by molar-refractivity contribution is 7.86. The molecule has 1 atom stereocenters. The second kappa shape index (κ2) is 13.5. The van der Waals surface area contributed by atoms with Gasteiger partial charge in [-0.3, -0.25) is 4.55 Å². The highest BCUT2D eigenvalue weighted by atomic mass is 32.2. The Morgan fingerprint density at radius 1 is 0.810 bits per heavy atom. The molecule has 0 heterocycles. The summed E-state index contributed by atoms with van der Waals surface area (Å²) < 4.78 is 31.4. The van der Waals surface area contributed by atoms with E-state index < -0.39 is 15.4 Å². The van der Waals surface area contributed by atoms with E-state index >= 15 is 0 Å². The van der Waals surface area contributed by atoms with Gasteiger partial charge in [-0.05, 0) is 19.4 Å². The predicted molar refractivity (Wildman–Crippen MR) is 90.1 cm³/mol. The van der Waals surface area contributed by atoms with E-state index in [-0.39, 0.29) is 0 Å². The Morgan fingerprint density at radius 2 is 1.24 bits per heavy atom. The molecular formula is C16H35NO3S. The summed E-state index contributed by atoms with van der Waals surface area (Å²) in [6.07, 6.45) is 14.6. The minimum atomic E-state index is -3.92. The van der Waals surface area contributed by atoms with Crippen LogP contribution in [0.15, 0.2) is 0 Å². The van der Waals surface area contributed by atoms with Crippen LogP contribution in [0.25, 0.3) is 0 Å². The summed E-state index contributed by atoms with van der Waals surface area (Å²) in [5.41, 5.74) is 5.38. The van der Waals surface area contributed by atoms with Crippen molar-refractivity contribution in [1.82, 2.24) is 0 Å². The van der Waals surface area contributed by atoms with E-state index in [0.29, 0.717) is 19.4 Å². The number of unbranched alkanes of at least 4 members (excludes halogenated alkanes) is 10. The molecular weight excluding hydrogens is 286 g/mol. The van der Waals surface area contributed by atoms with E-state index in [9.17, 15) is 8.42 Å². The SMILES string of the molecule is CCCCCCCCCCCCCC(CCN)S(=O)(=O)O. The summed E-state index contributed by atoms with van der Waals surface area (Å²) in [6, 6.07) is 0. The van der Waals surface area contributed by atoms with Gasteiger partial charge < -0.3 is 5.73 Å². The van der Waals surface area contributed by atoms with Gasteiger partial charge in [-0.25, -0.2) is 0 Å². The van der Waals surface area contributed by atoms with E-state index in [1.807, 2.05) is 0 Å². The zero-order chi connectivity index (χ0) is 16.0. The molecule has 0 aromatic carbocycles. The second-order valence-corrected chi connectivity index (χ2v) is 7.74. The summed E-state index contributed by atoms with van der Waals surface area (Å²) >= 11 is 0. The van der Waals surface area contributed by atoms with Crippen molar-refractivity contribution in [3.8, 4) is 0 Å². The van der Waals surface area contributed by atoms with Gasteiger partial charge in [-0.2, -0.15) is 8.42 Å². The molecule has 0 saturated carbocycles. The molecule has 0 aliphatic heterocycles. The van der Waals surface area contributed by atoms with Gasteiger partial charge in [0.15, 0.2) is 0 Å². The number of hydrogen-bond acceptors (Lipinski definition) is 3. The van der Waals surface area contributed by atoms with Gasteiger partial charge >= 0.3 is 0 Å². The maximum atomic E-state index is 11.1. The van der Waals surface area contributed by atoms with Crippen molar-refractivity contribution in [3.05, 3.63) is 0 Å². The van der Waals surface area contributed by atoms with Crippen molar-refractivity contribution in [2.24, 2.45) is 5.73 Å². The molecule has 128 valence electrons. The van der Waals surface area contributed by atoms with E-state index in [0.717, 1.165) is 19.3 Å². The average molecular weight is 322 g/mol. The fourth-order valence-corrected chi connectivity index (χ4v) is 3.56. The van der Waals surface area contributed by atoms with Crippen molar-refractivity contribution < 1.29 is 13.0 Å².